The van der Waals surface area contributed by atoms with Gasteiger partial charge in [-0.25, -0.2) is 9.78 Å². The molecule has 0 bridgehead atoms. The standard InChI is InChI=1S/C20H20N4O3S/c25-18-14-9-4-5-10-15(14)21-19-24(18)22-17(28-19)16-11-6-12-23(16)20(26)27-13-7-2-1-3-8-13/h1-3,7-8,16H,4-6,9-12H2. The average Bonchev–Trinajstić information content (AvgIpc) is 3.36. The number of hydrogen-bond acceptors (Lipinski definition) is 6. The predicted molar refractivity (Wildman–Crippen MR) is 105 cm³/mol. The Bertz CT molecular complexity index is 1090. The molecule has 1 atom stereocenters. The number of aromatic nitrogens is 3. The Morgan fingerprint density at radius 2 is 1.96 bits per heavy atom. The molecule has 1 aromatic carbocycles. The molecule has 3 aromatic rings. The smallest absolute Gasteiger partial charge is 0.410 e. The highest BCUT2D eigenvalue weighted by atomic mass is 32.1. The lowest BCUT2D eigenvalue weighted by atomic mass is 9.97. The van der Waals surface area contributed by atoms with Gasteiger partial charge < -0.3 is 4.74 Å². The maximum atomic E-state index is 12.8. The molecule has 28 heavy (non-hydrogen) atoms. The van der Waals surface area contributed by atoms with Crippen molar-refractivity contribution in [2.24, 2.45) is 0 Å². The number of nitrogens with zero attached hydrogens (tertiary/aromatic N) is 4. The minimum atomic E-state index is -0.382. The van der Waals surface area contributed by atoms with Gasteiger partial charge in [-0.05, 0) is 50.7 Å². The summed E-state index contributed by atoms with van der Waals surface area (Å²) >= 11 is 1.40. The van der Waals surface area contributed by atoms with Crippen molar-refractivity contribution >= 4 is 22.4 Å². The van der Waals surface area contributed by atoms with Crippen molar-refractivity contribution < 1.29 is 9.53 Å². The van der Waals surface area contributed by atoms with Crippen LogP contribution in [0.4, 0.5) is 4.79 Å². The van der Waals surface area contributed by atoms with Gasteiger partial charge >= 0.3 is 6.09 Å². The third kappa shape index (κ3) is 2.97. The Hall–Kier alpha value is -2.74. The summed E-state index contributed by atoms with van der Waals surface area (Å²) in [5.74, 6) is 0.521. The zero-order valence-electron chi connectivity index (χ0n) is 15.3. The molecular weight excluding hydrogens is 376 g/mol. The van der Waals surface area contributed by atoms with Crippen molar-refractivity contribution in [1.82, 2.24) is 19.5 Å². The van der Waals surface area contributed by atoms with Gasteiger partial charge in [-0.15, -0.1) is 0 Å². The molecule has 5 rings (SSSR count). The molecule has 0 spiro atoms. The summed E-state index contributed by atoms with van der Waals surface area (Å²) in [6, 6.07) is 8.87. The van der Waals surface area contributed by atoms with Crippen molar-refractivity contribution in [3.8, 4) is 5.75 Å². The quantitative estimate of drug-likeness (QED) is 0.664. The number of benzene rings is 1. The Morgan fingerprint density at radius 1 is 1.14 bits per heavy atom. The highest BCUT2D eigenvalue weighted by Crippen LogP contribution is 2.35. The molecule has 0 N–H and O–H groups in total. The van der Waals surface area contributed by atoms with E-state index < -0.39 is 0 Å². The van der Waals surface area contributed by atoms with Crippen LogP contribution in [0.15, 0.2) is 35.1 Å². The third-order valence-corrected chi connectivity index (χ3v) is 6.43. The SMILES string of the molecule is O=C(Oc1ccccc1)N1CCCC1c1nn2c(=O)c3c(nc2s1)CCCC3. The van der Waals surface area contributed by atoms with Gasteiger partial charge in [0.15, 0.2) is 0 Å². The number of likely N-dealkylation sites (tertiary alicyclic amines) is 1. The maximum Gasteiger partial charge on any atom is 0.415 e. The molecule has 144 valence electrons. The fourth-order valence-electron chi connectivity index (χ4n) is 4.01. The lowest BCUT2D eigenvalue weighted by molar-refractivity contribution is 0.147. The lowest BCUT2D eigenvalue weighted by Gasteiger charge is -2.21. The van der Waals surface area contributed by atoms with Crippen molar-refractivity contribution in [3.05, 3.63) is 57.0 Å². The van der Waals surface area contributed by atoms with E-state index in [4.69, 9.17) is 9.72 Å². The molecule has 1 amide bonds. The number of carbonyl (C=O) groups is 1. The van der Waals surface area contributed by atoms with E-state index in [-0.39, 0.29) is 17.7 Å². The molecule has 2 aliphatic rings. The summed E-state index contributed by atoms with van der Waals surface area (Å²) in [6.45, 7) is 0.616. The number of carbonyl (C=O) groups excluding carboxylic acids is 1. The number of fused-ring (bicyclic) bond motifs is 2. The van der Waals surface area contributed by atoms with Crippen LogP contribution in [0.5, 0.6) is 5.75 Å². The highest BCUT2D eigenvalue weighted by Gasteiger charge is 2.34. The first kappa shape index (κ1) is 17.4. The number of rotatable bonds is 2. The van der Waals surface area contributed by atoms with Crippen LogP contribution in [-0.2, 0) is 12.8 Å². The van der Waals surface area contributed by atoms with Gasteiger partial charge in [-0.1, -0.05) is 29.5 Å². The molecule has 0 radical (unpaired) electrons. The zero-order chi connectivity index (χ0) is 19.1. The summed E-state index contributed by atoms with van der Waals surface area (Å²) in [5.41, 5.74) is 1.66. The highest BCUT2D eigenvalue weighted by molar-refractivity contribution is 7.16. The lowest BCUT2D eigenvalue weighted by Crippen LogP contribution is -2.33. The molecule has 1 aliphatic carbocycles. The van der Waals surface area contributed by atoms with Gasteiger partial charge in [0.2, 0.25) is 4.96 Å². The Kier molecular flexibility index (Phi) is 4.35. The second kappa shape index (κ2) is 7.01. The number of amides is 1. The monoisotopic (exact) mass is 396 g/mol. The van der Waals surface area contributed by atoms with Crippen molar-refractivity contribution in [3.63, 3.8) is 0 Å². The largest absolute Gasteiger partial charge is 0.415 e. The van der Waals surface area contributed by atoms with Gasteiger partial charge in [-0.2, -0.15) is 9.61 Å². The number of para-hydroxylation sites is 1. The molecule has 1 fully saturated rings. The second-order valence-corrected chi connectivity index (χ2v) is 8.20. The van der Waals surface area contributed by atoms with E-state index in [1.807, 2.05) is 18.2 Å². The van der Waals surface area contributed by atoms with E-state index in [1.165, 1.54) is 15.9 Å². The maximum absolute atomic E-state index is 12.8. The van der Waals surface area contributed by atoms with Crippen LogP contribution in [0.2, 0.25) is 0 Å². The van der Waals surface area contributed by atoms with Crippen LogP contribution in [0.25, 0.3) is 4.96 Å². The van der Waals surface area contributed by atoms with Crippen LogP contribution >= 0.6 is 11.3 Å². The fourth-order valence-corrected chi connectivity index (χ4v) is 5.07. The molecule has 1 saturated heterocycles. The van der Waals surface area contributed by atoms with Gasteiger partial charge in [-0.3, -0.25) is 9.69 Å². The first-order valence-corrected chi connectivity index (χ1v) is 10.5. The number of aryl methyl sites for hydroxylation is 1. The Balaban J connectivity index is 1.46. The zero-order valence-corrected chi connectivity index (χ0v) is 16.2. The Morgan fingerprint density at radius 3 is 2.82 bits per heavy atom. The van der Waals surface area contributed by atoms with Crippen LogP contribution in [-0.4, -0.2) is 32.1 Å². The summed E-state index contributed by atoms with van der Waals surface area (Å²) in [7, 11) is 0. The van der Waals surface area contributed by atoms with E-state index in [0.29, 0.717) is 17.3 Å². The molecule has 1 aliphatic heterocycles. The second-order valence-electron chi connectivity index (χ2n) is 7.22. The van der Waals surface area contributed by atoms with E-state index in [0.717, 1.165) is 54.8 Å². The topological polar surface area (TPSA) is 76.8 Å². The van der Waals surface area contributed by atoms with Crippen LogP contribution in [0, 0.1) is 0 Å². The van der Waals surface area contributed by atoms with Gasteiger partial charge in [0, 0.05) is 12.1 Å². The minimum Gasteiger partial charge on any atom is -0.410 e. The molecule has 7 nitrogen and oxygen atoms in total. The molecule has 0 saturated carbocycles. The Labute approximate surface area is 165 Å². The molecular formula is C20H20N4O3S. The van der Waals surface area contributed by atoms with E-state index in [9.17, 15) is 9.59 Å². The fraction of sp³-hybridized carbons (Fsp3) is 0.400. The van der Waals surface area contributed by atoms with Crippen LogP contribution in [0.1, 0.15) is 48.0 Å². The van der Waals surface area contributed by atoms with Crippen LogP contribution < -0.4 is 10.3 Å². The van der Waals surface area contributed by atoms with E-state index in [2.05, 4.69) is 5.10 Å². The minimum absolute atomic E-state index is 0.0568. The van der Waals surface area contributed by atoms with E-state index >= 15 is 0 Å². The molecule has 1 unspecified atom stereocenters. The normalized spacial score (nSPS) is 19.0. The first-order valence-electron chi connectivity index (χ1n) is 9.66. The van der Waals surface area contributed by atoms with Crippen molar-refractivity contribution in [1.29, 1.82) is 0 Å². The number of ether oxygens (including phenoxy) is 1. The van der Waals surface area contributed by atoms with E-state index in [1.54, 1.807) is 17.0 Å². The third-order valence-electron chi connectivity index (χ3n) is 5.42. The van der Waals surface area contributed by atoms with Gasteiger partial charge in [0.05, 0.1) is 11.7 Å². The summed E-state index contributed by atoms with van der Waals surface area (Å²) in [5, 5.41) is 5.30. The van der Waals surface area contributed by atoms with Crippen molar-refractivity contribution in [2.75, 3.05) is 6.54 Å². The molecule has 3 heterocycles. The summed E-state index contributed by atoms with van der Waals surface area (Å²) < 4.78 is 6.93. The van der Waals surface area contributed by atoms with Gasteiger partial charge in [0.1, 0.15) is 10.8 Å². The van der Waals surface area contributed by atoms with Gasteiger partial charge in [0.25, 0.3) is 5.56 Å². The predicted octanol–water partition coefficient (Wildman–Crippen LogP) is 3.37. The number of hydrogen-bond donors (Lipinski definition) is 0. The first-order chi connectivity index (χ1) is 13.7. The van der Waals surface area contributed by atoms with Crippen molar-refractivity contribution in [2.45, 2.75) is 44.6 Å². The molecule has 8 heteroatoms. The average molecular weight is 396 g/mol. The molecule has 2 aromatic heterocycles. The summed E-state index contributed by atoms with van der Waals surface area (Å²) in [4.78, 5) is 32.5. The summed E-state index contributed by atoms with van der Waals surface area (Å²) in [6.07, 6.45) is 5.02. The van der Waals surface area contributed by atoms with Crippen LogP contribution in [0.3, 0.4) is 0 Å².